The van der Waals surface area contributed by atoms with Crippen LogP contribution in [-0.2, 0) is 4.79 Å². The van der Waals surface area contributed by atoms with E-state index in [-0.39, 0.29) is 12.5 Å². The van der Waals surface area contributed by atoms with Gasteiger partial charge < -0.3 is 25.8 Å². The fraction of sp³-hybridized carbons (Fsp3) is 0.150. The van der Waals surface area contributed by atoms with Gasteiger partial charge in [-0.2, -0.15) is 0 Å². The molecule has 3 heterocycles. The number of carbonyl (C=O) groups excluding carboxylic acids is 2. The number of rotatable bonds is 5. The second-order valence-electron chi connectivity index (χ2n) is 6.46. The van der Waals surface area contributed by atoms with Crippen LogP contribution in [-0.4, -0.2) is 51.3 Å². The van der Waals surface area contributed by atoms with Crippen molar-refractivity contribution in [3.05, 3.63) is 59.4 Å². The number of hydrogen-bond acceptors (Lipinski definition) is 5. The zero-order valence-electron chi connectivity index (χ0n) is 14.8. The van der Waals surface area contributed by atoms with Gasteiger partial charge in [-0.25, -0.2) is 4.98 Å². The van der Waals surface area contributed by atoms with Crippen LogP contribution in [0.25, 0.3) is 22.7 Å². The molecule has 0 spiro atoms. The lowest BCUT2D eigenvalue weighted by Gasteiger charge is -2.09. The van der Waals surface area contributed by atoms with Crippen LogP contribution >= 0.6 is 0 Å². The number of aromatic nitrogens is 2. The van der Waals surface area contributed by atoms with Gasteiger partial charge >= 0.3 is 0 Å². The van der Waals surface area contributed by atoms with Crippen LogP contribution in [0.3, 0.4) is 0 Å². The topological polar surface area (TPSA) is 127 Å². The maximum Gasteiger partial charge on any atom is 0.256 e. The number of nitrogens with one attached hydrogen (secondary N) is 3. The van der Waals surface area contributed by atoms with E-state index in [0.29, 0.717) is 22.4 Å². The highest BCUT2D eigenvalue weighted by molar-refractivity contribution is 6.35. The number of anilines is 1. The number of benzene rings is 1. The fourth-order valence-electron chi connectivity index (χ4n) is 3.10. The van der Waals surface area contributed by atoms with Gasteiger partial charge in [0.25, 0.3) is 11.8 Å². The van der Waals surface area contributed by atoms with Crippen LogP contribution in [0, 0.1) is 0 Å². The van der Waals surface area contributed by atoms with Crippen molar-refractivity contribution >= 4 is 40.2 Å². The molecule has 1 unspecified atom stereocenters. The molecule has 5 N–H and O–H groups in total. The summed E-state index contributed by atoms with van der Waals surface area (Å²) < 4.78 is 0. The van der Waals surface area contributed by atoms with Crippen molar-refractivity contribution in [3.8, 4) is 0 Å². The van der Waals surface area contributed by atoms with E-state index in [1.54, 1.807) is 36.7 Å². The lowest BCUT2D eigenvalue weighted by atomic mass is 10.0. The van der Waals surface area contributed by atoms with Gasteiger partial charge in [-0.15, -0.1) is 0 Å². The number of carbonyl (C=O) groups is 2. The van der Waals surface area contributed by atoms with Gasteiger partial charge in [0.15, 0.2) is 0 Å². The summed E-state index contributed by atoms with van der Waals surface area (Å²) >= 11 is 0. The second-order valence-corrected chi connectivity index (χ2v) is 6.46. The molecule has 0 radical (unpaired) electrons. The molecule has 0 aliphatic carbocycles. The van der Waals surface area contributed by atoms with E-state index in [9.17, 15) is 14.7 Å². The molecule has 2 amide bonds. The Labute approximate surface area is 159 Å². The van der Waals surface area contributed by atoms with Crippen LogP contribution in [0.5, 0.6) is 0 Å². The molecule has 0 saturated heterocycles. The number of amides is 2. The van der Waals surface area contributed by atoms with Crippen molar-refractivity contribution in [1.82, 2.24) is 15.3 Å². The third-order valence-corrected chi connectivity index (χ3v) is 4.56. The molecule has 2 aromatic heterocycles. The minimum atomic E-state index is -1.02. The number of aliphatic hydroxyl groups is 2. The summed E-state index contributed by atoms with van der Waals surface area (Å²) in [4.78, 5) is 32.1. The van der Waals surface area contributed by atoms with E-state index in [4.69, 9.17) is 5.11 Å². The molecule has 1 atom stereocenters. The highest BCUT2D eigenvalue weighted by atomic mass is 16.3. The molecule has 1 aliphatic heterocycles. The normalized spacial score (nSPS) is 15.5. The molecule has 0 fully saturated rings. The van der Waals surface area contributed by atoms with E-state index in [1.807, 2.05) is 12.1 Å². The molecule has 142 valence electrons. The summed E-state index contributed by atoms with van der Waals surface area (Å²) in [6, 6.07) is 8.63. The molecular weight excluding hydrogens is 360 g/mol. The SMILES string of the molecule is O=C1Nc2ccc(C(=O)NCC(O)CO)cc2/C1=C/c1c[nH]c2ncccc12. The van der Waals surface area contributed by atoms with Gasteiger partial charge in [0.2, 0.25) is 0 Å². The van der Waals surface area contributed by atoms with Crippen LogP contribution in [0.1, 0.15) is 21.5 Å². The second kappa shape index (κ2) is 7.26. The Bertz CT molecular complexity index is 1100. The first kappa shape index (κ1) is 17.9. The first-order valence-corrected chi connectivity index (χ1v) is 8.73. The van der Waals surface area contributed by atoms with Gasteiger partial charge in [-0.05, 0) is 36.4 Å². The fourth-order valence-corrected chi connectivity index (χ4v) is 3.10. The Morgan fingerprint density at radius 2 is 2.18 bits per heavy atom. The number of hydrogen-bond donors (Lipinski definition) is 5. The number of H-pyrrole nitrogens is 1. The Balaban J connectivity index is 1.67. The number of aliphatic hydroxyl groups excluding tert-OH is 2. The molecule has 4 rings (SSSR count). The Morgan fingerprint density at radius 1 is 1.32 bits per heavy atom. The molecule has 28 heavy (non-hydrogen) atoms. The summed E-state index contributed by atoms with van der Waals surface area (Å²) in [5.74, 6) is -0.646. The standard InChI is InChI=1S/C20H18N4O4/c25-10-13(26)9-23-19(27)11-3-4-17-15(6-11)16(20(28)24-17)7-12-8-22-18-14(12)2-1-5-21-18/h1-8,13,25-26H,9-10H2,(H,21,22)(H,23,27)(H,24,28)/b16-7-. The zero-order valence-corrected chi connectivity index (χ0v) is 14.8. The predicted molar refractivity (Wildman–Crippen MR) is 104 cm³/mol. The highest BCUT2D eigenvalue weighted by Gasteiger charge is 2.25. The maximum absolute atomic E-state index is 12.5. The minimum Gasteiger partial charge on any atom is -0.394 e. The van der Waals surface area contributed by atoms with E-state index in [0.717, 1.165) is 16.6 Å². The quantitative estimate of drug-likeness (QED) is 0.426. The van der Waals surface area contributed by atoms with Crippen molar-refractivity contribution < 1.29 is 19.8 Å². The van der Waals surface area contributed by atoms with Crippen molar-refractivity contribution in [1.29, 1.82) is 0 Å². The van der Waals surface area contributed by atoms with Gasteiger partial charge in [0.1, 0.15) is 5.65 Å². The van der Waals surface area contributed by atoms with Crippen LogP contribution in [0.4, 0.5) is 5.69 Å². The van der Waals surface area contributed by atoms with Crippen LogP contribution in [0.2, 0.25) is 0 Å². The average Bonchev–Trinajstić information content (AvgIpc) is 3.26. The van der Waals surface area contributed by atoms with E-state index < -0.39 is 18.6 Å². The minimum absolute atomic E-state index is 0.0609. The molecular formula is C20H18N4O4. The zero-order chi connectivity index (χ0) is 19.7. The molecule has 8 heteroatoms. The molecule has 3 aromatic rings. The van der Waals surface area contributed by atoms with Crippen LogP contribution in [0.15, 0.2) is 42.7 Å². The lowest BCUT2D eigenvalue weighted by Crippen LogP contribution is -2.33. The summed E-state index contributed by atoms with van der Waals surface area (Å²) in [5.41, 5.74) is 3.60. The number of pyridine rings is 1. The molecule has 8 nitrogen and oxygen atoms in total. The monoisotopic (exact) mass is 378 g/mol. The Morgan fingerprint density at radius 3 is 3.00 bits per heavy atom. The van der Waals surface area contributed by atoms with Crippen molar-refractivity contribution in [3.63, 3.8) is 0 Å². The van der Waals surface area contributed by atoms with Crippen molar-refractivity contribution in [2.75, 3.05) is 18.5 Å². The van der Waals surface area contributed by atoms with Crippen LogP contribution < -0.4 is 10.6 Å². The first-order chi connectivity index (χ1) is 13.6. The summed E-state index contributed by atoms with van der Waals surface area (Å²) in [5, 5.41) is 24.5. The molecule has 0 saturated carbocycles. The van der Waals surface area contributed by atoms with E-state index in [1.165, 1.54) is 0 Å². The van der Waals surface area contributed by atoms with Crippen molar-refractivity contribution in [2.24, 2.45) is 0 Å². The van der Waals surface area contributed by atoms with Gasteiger partial charge in [0, 0.05) is 52.3 Å². The van der Waals surface area contributed by atoms with E-state index in [2.05, 4.69) is 20.6 Å². The third-order valence-electron chi connectivity index (χ3n) is 4.56. The first-order valence-electron chi connectivity index (χ1n) is 8.73. The maximum atomic E-state index is 12.5. The van der Waals surface area contributed by atoms with Gasteiger partial charge in [-0.1, -0.05) is 0 Å². The summed E-state index contributed by atoms with van der Waals surface area (Å²) in [6.45, 7) is -0.496. The molecule has 1 aliphatic rings. The predicted octanol–water partition coefficient (Wildman–Crippen LogP) is 1.14. The number of nitrogens with zero attached hydrogens (tertiary/aromatic N) is 1. The smallest absolute Gasteiger partial charge is 0.256 e. The average molecular weight is 378 g/mol. The molecule has 0 bridgehead atoms. The lowest BCUT2D eigenvalue weighted by molar-refractivity contribution is -0.110. The Kier molecular flexibility index (Phi) is 4.64. The summed E-state index contributed by atoms with van der Waals surface area (Å²) in [6.07, 6.45) is 4.21. The largest absolute Gasteiger partial charge is 0.394 e. The molecule has 1 aromatic carbocycles. The number of fused-ring (bicyclic) bond motifs is 2. The highest BCUT2D eigenvalue weighted by Crippen LogP contribution is 2.34. The number of aromatic amines is 1. The van der Waals surface area contributed by atoms with Gasteiger partial charge in [-0.3, -0.25) is 9.59 Å². The summed E-state index contributed by atoms with van der Waals surface area (Å²) in [7, 11) is 0. The van der Waals surface area contributed by atoms with E-state index >= 15 is 0 Å². The Hall–Kier alpha value is -3.49. The van der Waals surface area contributed by atoms with Crippen molar-refractivity contribution in [2.45, 2.75) is 6.10 Å². The third kappa shape index (κ3) is 3.26. The van der Waals surface area contributed by atoms with Gasteiger partial charge in [0.05, 0.1) is 12.7 Å².